The van der Waals surface area contributed by atoms with Gasteiger partial charge in [-0.1, -0.05) is 154 Å². The summed E-state index contributed by atoms with van der Waals surface area (Å²) in [6.07, 6.45) is 36.9. The van der Waals surface area contributed by atoms with Crippen LogP contribution in [0.2, 0.25) is 0 Å². The van der Waals surface area contributed by atoms with Gasteiger partial charge in [-0.25, -0.2) is 4.57 Å². The molecule has 0 radical (unpaired) electrons. The van der Waals surface area contributed by atoms with Gasteiger partial charge in [0.05, 0.1) is 6.54 Å². The second kappa shape index (κ2) is 22.4. The molecule has 0 spiro atoms. The second-order valence-corrected chi connectivity index (χ2v) is 11.4. The van der Waals surface area contributed by atoms with Crippen molar-refractivity contribution in [2.45, 2.75) is 168 Å². The Kier molecular flexibility index (Phi) is 19.2. The average molecular weight is 510 g/mol. The minimum atomic E-state index is 1.17. The fraction of sp³-hybridized carbons (Fsp3) is 0.743. The molecule has 2 rings (SSSR count). The molecule has 37 heavy (non-hydrogen) atoms. The van der Waals surface area contributed by atoms with Gasteiger partial charge in [-0.05, 0) is 31.4 Å². The van der Waals surface area contributed by atoms with E-state index in [2.05, 4.69) is 65.7 Å². The van der Waals surface area contributed by atoms with Crippen molar-refractivity contribution >= 4 is 0 Å². The van der Waals surface area contributed by atoms with Gasteiger partial charge in [-0.2, -0.15) is 4.57 Å². The molecular formula is C35H61N2+. The summed E-state index contributed by atoms with van der Waals surface area (Å²) in [6, 6.07) is 10.9. The van der Waals surface area contributed by atoms with Crippen molar-refractivity contribution in [1.82, 2.24) is 4.57 Å². The van der Waals surface area contributed by atoms with E-state index in [1.807, 2.05) is 0 Å². The summed E-state index contributed by atoms with van der Waals surface area (Å²) in [5.74, 6) is 1.49. The first-order valence-corrected chi connectivity index (χ1v) is 16.5. The van der Waals surface area contributed by atoms with Gasteiger partial charge in [0.25, 0.3) is 5.82 Å². The molecule has 1 heterocycles. The maximum atomic E-state index is 2.54. The Morgan fingerprint density at radius 2 is 0.946 bits per heavy atom. The van der Waals surface area contributed by atoms with E-state index in [0.29, 0.717) is 0 Å². The molecule has 0 saturated heterocycles. The first-order valence-electron chi connectivity index (χ1n) is 16.5. The van der Waals surface area contributed by atoms with E-state index in [4.69, 9.17) is 0 Å². The van der Waals surface area contributed by atoms with Gasteiger partial charge in [-0.15, -0.1) is 0 Å². The first-order chi connectivity index (χ1) is 18.4. The zero-order valence-corrected chi connectivity index (χ0v) is 24.9. The van der Waals surface area contributed by atoms with Crippen LogP contribution in [0.1, 0.15) is 161 Å². The maximum Gasteiger partial charge on any atom is 0.261 e. The predicted octanol–water partition coefficient (Wildman–Crippen LogP) is 10.9. The maximum absolute atomic E-state index is 2.54. The summed E-state index contributed by atoms with van der Waals surface area (Å²) in [7, 11) is 0. The fourth-order valence-corrected chi connectivity index (χ4v) is 5.64. The van der Waals surface area contributed by atoms with Crippen LogP contribution >= 0.6 is 0 Å². The quantitative estimate of drug-likeness (QED) is 0.0929. The van der Waals surface area contributed by atoms with Crippen LogP contribution < -0.4 is 4.57 Å². The Morgan fingerprint density at radius 3 is 1.43 bits per heavy atom. The molecule has 0 atom stereocenters. The molecule has 2 nitrogen and oxygen atoms in total. The number of aryl methyl sites for hydroxylation is 1. The molecule has 0 N–H and O–H groups in total. The van der Waals surface area contributed by atoms with E-state index in [0.717, 1.165) is 0 Å². The molecule has 210 valence electrons. The zero-order valence-electron chi connectivity index (χ0n) is 24.9. The molecule has 2 heteroatoms. The van der Waals surface area contributed by atoms with Crippen LogP contribution in [0.25, 0.3) is 5.69 Å². The topological polar surface area (TPSA) is 8.81 Å². The van der Waals surface area contributed by atoms with Crippen molar-refractivity contribution in [3.63, 3.8) is 0 Å². The van der Waals surface area contributed by atoms with Crippen LogP contribution in [0.15, 0.2) is 42.7 Å². The van der Waals surface area contributed by atoms with E-state index in [1.54, 1.807) is 0 Å². The summed E-state index contributed by atoms with van der Waals surface area (Å²) >= 11 is 0. The fourth-order valence-electron chi connectivity index (χ4n) is 5.64. The number of hydrogen-bond acceptors (Lipinski definition) is 0. The lowest BCUT2D eigenvalue weighted by atomic mass is 10.0. The minimum absolute atomic E-state index is 1.17. The number of para-hydroxylation sites is 1. The lowest BCUT2D eigenvalue weighted by Gasteiger charge is -2.06. The number of unbranched alkanes of at least 4 members (excludes halogenated alkanes) is 20. The molecule has 0 saturated carbocycles. The summed E-state index contributed by atoms with van der Waals surface area (Å²) in [4.78, 5) is 0. The van der Waals surface area contributed by atoms with Crippen LogP contribution in [-0.2, 0) is 13.0 Å². The highest BCUT2D eigenvalue weighted by molar-refractivity contribution is 5.31. The number of imidazole rings is 1. The monoisotopic (exact) mass is 509 g/mol. The standard InChI is InChI=1S/C35H61N2/c1-3-5-7-9-10-11-12-13-14-15-16-17-18-19-20-22-27-31-36-32-33-37(34-28-24-23-25-29-34)35(36)30-26-21-8-6-4-2/h23-25,28-29,32-33H,3-22,26-27,30-31H2,1-2H3/q+1. The molecule has 0 unspecified atom stereocenters. The van der Waals surface area contributed by atoms with Crippen molar-refractivity contribution in [1.29, 1.82) is 0 Å². The Hall–Kier alpha value is -1.57. The SMILES string of the molecule is CCCCCCCCCCCCCCCCCCC[n+]1ccn(-c2ccccc2)c1CCCCCCC. The normalized spacial score (nSPS) is 11.4. The highest BCUT2D eigenvalue weighted by atomic mass is 15.1. The summed E-state index contributed by atoms with van der Waals surface area (Å²) in [5.41, 5.74) is 1.30. The number of rotatable bonds is 25. The Balaban J connectivity index is 1.54. The average Bonchev–Trinajstić information content (AvgIpc) is 3.33. The van der Waals surface area contributed by atoms with E-state index >= 15 is 0 Å². The van der Waals surface area contributed by atoms with Gasteiger partial charge in [0.2, 0.25) is 0 Å². The molecule has 1 aromatic carbocycles. The molecule has 0 aliphatic carbocycles. The van der Waals surface area contributed by atoms with Gasteiger partial charge in [0.15, 0.2) is 0 Å². The van der Waals surface area contributed by atoms with Gasteiger partial charge >= 0.3 is 0 Å². The Labute approximate surface area is 231 Å². The molecule has 2 aromatic rings. The lowest BCUT2D eigenvalue weighted by Crippen LogP contribution is -2.37. The molecular weight excluding hydrogens is 448 g/mol. The van der Waals surface area contributed by atoms with Crippen molar-refractivity contribution < 1.29 is 4.57 Å². The highest BCUT2D eigenvalue weighted by Crippen LogP contribution is 2.15. The van der Waals surface area contributed by atoms with Crippen LogP contribution in [0.5, 0.6) is 0 Å². The van der Waals surface area contributed by atoms with Gasteiger partial charge in [0, 0.05) is 6.42 Å². The van der Waals surface area contributed by atoms with Crippen molar-refractivity contribution in [3.05, 3.63) is 48.5 Å². The Bertz CT molecular complexity index is 748. The van der Waals surface area contributed by atoms with Gasteiger partial charge in [0.1, 0.15) is 18.1 Å². The van der Waals surface area contributed by atoms with E-state index in [1.165, 1.54) is 166 Å². The minimum Gasteiger partial charge on any atom is -0.234 e. The van der Waals surface area contributed by atoms with Crippen LogP contribution in [0.3, 0.4) is 0 Å². The van der Waals surface area contributed by atoms with Crippen LogP contribution in [0, 0.1) is 0 Å². The number of nitrogens with zero attached hydrogens (tertiary/aromatic N) is 2. The van der Waals surface area contributed by atoms with Crippen LogP contribution in [-0.4, -0.2) is 4.57 Å². The third-order valence-electron chi connectivity index (χ3n) is 8.05. The van der Waals surface area contributed by atoms with E-state index in [9.17, 15) is 0 Å². The van der Waals surface area contributed by atoms with Crippen molar-refractivity contribution in [2.75, 3.05) is 0 Å². The lowest BCUT2D eigenvalue weighted by molar-refractivity contribution is -0.704. The van der Waals surface area contributed by atoms with Crippen LogP contribution in [0.4, 0.5) is 0 Å². The smallest absolute Gasteiger partial charge is 0.234 e. The second-order valence-electron chi connectivity index (χ2n) is 11.4. The molecule has 0 amide bonds. The van der Waals surface area contributed by atoms with Crippen molar-refractivity contribution in [3.8, 4) is 5.69 Å². The van der Waals surface area contributed by atoms with E-state index in [-0.39, 0.29) is 0 Å². The third-order valence-corrected chi connectivity index (χ3v) is 8.05. The van der Waals surface area contributed by atoms with Gasteiger partial charge < -0.3 is 0 Å². The predicted molar refractivity (Wildman–Crippen MR) is 163 cm³/mol. The third kappa shape index (κ3) is 14.8. The molecule has 0 aliphatic heterocycles. The van der Waals surface area contributed by atoms with Gasteiger partial charge in [-0.3, -0.25) is 0 Å². The molecule has 0 fully saturated rings. The molecule has 0 aliphatic rings. The number of benzene rings is 1. The molecule has 1 aromatic heterocycles. The molecule has 0 bridgehead atoms. The van der Waals surface area contributed by atoms with Crippen molar-refractivity contribution in [2.24, 2.45) is 0 Å². The Morgan fingerprint density at radius 1 is 0.514 bits per heavy atom. The highest BCUT2D eigenvalue weighted by Gasteiger charge is 2.18. The summed E-state index contributed by atoms with van der Waals surface area (Å²) in [6.45, 7) is 5.77. The first kappa shape index (κ1) is 31.6. The number of aromatic nitrogens is 2. The number of hydrogen-bond donors (Lipinski definition) is 0. The zero-order chi connectivity index (χ0) is 26.2. The van der Waals surface area contributed by atoms with E-state index < -0.39 is 0 Å². The summed E-state index contributed by atoms with van der Waals surface area (Å²) < 4.78 is 4.96. The largest absolute Gasteiger partial charge is 0.261 e. The summed E-state index contributed by atoms with van der Waals surface area (Å²) in [5, 5.41) is 0.